The quantitative estimate of drug-likeness (QED) is 0.723. The summed E-state index contributed by atoms with van der Waals surface area (Å²) in [7, 11) is 0. The maximum Gasteiger partial charge on any atom is 0.0722 e. The number of rotatable bonds is 3. The van der Waals surface area contributed by atoms with Gasteiger partial charge in [0.1, 0.15) is 0 Å². The highest BCUT2D eigenvalue weighted by molar-refractivity contribution is 5.50. The first-order valence-electron chi connectivity index (χ1n) is 4.78. The van der Waals surface area contributed by atoms with E-state index in [4.69, 9.17) is 0 Å². The molecule has 0 aliphatic rings. The number of aliphatic hydroxyl groups excluding tert-OH is 1. The zero-order valence-electron chi connectivity index (χ0n) is 8.64. The summed E-state index contributed by atoms with van der Waals surface area (Å²) < 4.78 is 0. The molecular weight excluding hydrogens is 172 g/mol. The summed E-state index contributed by atoms with van der Waals surface area (Å²) in [5.74, 6) is 0. The molecule has 0 heterocycles. The molecule has 1 rings (SSSR count). The highest BCUT2D eigenvalue weighted by atomic mass is 16.3. The van der Waals surface area contributed by atoms with Crippen LogP contribution in [0, 0.1) is 0 Å². The number of aliphatic hydroxyl groups is 1. The van der Waals surface area contributed by atoms with E-state index < -0.39 is 0 Å². The van der Waals surface area contributed by atoms with Crippen LogP contribution in [0.15, 0.2) is 48.1 Å². The molecule has 1 aromatic rings. The van der Waals surface area contributed by atoms with Crippen molar-refractivity contribution < 1.29 is 5.11 Å². The normalized spacial score (nSPS) is 14.6. The van der Waals surface area contributed by atoms with E-state index in [1.165, 1.54) is 5.56 Å². The highest BCUT2D eigenvalue weighted by Gasteiger charge is 1.93. The van der Waals surface area contributed by atoms with E-state index in [1.807, 2.05) is 55.5 Å². The molecule has 1 heteroatoms. The van der Waals surface area contributed by atoms with Gasteiger partial charge in [-0.25, -0.2) is 0 Å². The van der Waals surface area contributed by atoms with Crippen LogP contribution in [0.5, 0.6) is 0 Å². The summed E-state index contributed by atoms with van der Waals surface area (Å²) in [4.78, 5) is 0. The van der Waals surface area contributed by atoms with Gasteiger partial charge < -0.3 is 5.11 Å². The molecule has 74 valence electrons. The third-order valence-electron chi connectivity index (χ3n) is 2.11. The molecule has 0 radical (unpaired) electrons. The summed E-state index contributed by atoms with van der Waals surface area (Å²) >= 11 is 0. The summed E-state index contributed by atoms with van der Waals surface area (Å²) in [5.41, 5.74) is 2.14. The predicted octanol–water partition coefficient (Wildman–Crippen LogP) is 3.03. The number of benzene rings is 1. The third-order valence-corrected chi connectivity index (χ3v) is 2.11. The minimum Gasteiger partial charge on any atom is -0.389 e. The topological polar surface area (TPSA) is 20.2 Å². The summed E-state index contributed by atoms with van der Waals surface area (Å²) in [6.07, 6.45) is 5.54. The Balaban J connectivity index is 2.62. The molecule has 0 aromatic heterocycles. The van der Waals surface area contributed by atoms with Crippen LogP contribution in [0.1, 0.15) is 19.4 Å². The van der Waals surface area contributed by atoms with Gasteiger partial charge in [0, 0.05) is 0 Å². The third kappa shape index (κ3) is 3.58. The van der Waals surface area contributed by atoms with Crippen molar-refractivity contribution in [2.24, 2.45) is 0 Å². The van der Waals surface area contributed by atoms with Crippen molar-refractivity contribution >= 4 is 6.08 Å². The Bertz CT molecular complexity index is 320. The lowest BCUT2D eigenvalue weighted by Gasteiger charge is -2.00. The van der Waals surface area contributed by atoms with Crippen molar-refractivity contribution in [1.82, 2.24) is 0 Å². The fourth-order valence-electron chi connectivity index (χ4n) is 1.01. The van der Waals surface area contributed by atoms with Gasteiger partial charge in [-0.2, -0.15) is 0 Å². The molecular formula is C13H16O. The fraction of sp³-hybridized carbons (Fsp3) is 0.231. The van der Waals surface area contributed by atoms with Crippen molar-refractivity contribution in [2.45, 2.75) is 20.0 Å². The van der Waals surface area contributed by atoms with E-state index in [0.717, 1.165) is 5.57 Å². The molecule has 1 aromatic carbocycles. The lowest BCUT2D eigenvalue weighted by Crippen LogP contribution is -1.99. The van der Waals surface area contributed by atoms with E-state index in [9.17, 15) is 5.11 Å². The average molecular weight is 188 g/mol. The zero-order chi connectivity index (χ0) is 10.4. The monoisotopic (exact) mass is 188 g/mol. The first-order chi connectivity index (χ1) is 6.70. The maximum absolute atomic E-state index is 9.22. The molecule has 14 heavy (non-hydrogen) atoms. The van der Waals surface area contributed by atoms with Gasteiger partial charge in [-0.1, -0.05) is 48.6 Å². The van der Waals surface area contributed by atoms with E-state index in [0.29, 0.717) is 0 Å². The van der Waals surface area contributed by atoms with Crippen LogP contribution in [0.25, 0.3) is 6.08 Å². The number of hydrogen-bond acceptors (Lipinski definition) is 1. The molecule has 0 saturated carbocycles. The molecule has 0 aliphatic heterocycles. The minimum absolute atomic E-state index is 0.365. The Hall–Kier alpha value is -1.34. The van der Waals surface area contributed by atoms with Crippen LogP contribution in [0.3, 0.4) is 0 Å². The van der Waals surface area contributed by atoms with Crippen molar-refractivity contribution in [1.29, 1.82) is 0 Å². The van der Waals surface area contributed by atoms with Crippen LogP contribution in [0.4, 0.5) is 0 Å². The zero-order valence-corrected chi connectivity index (χ0v) is 8.64. The molecule has 0 aliphatic carbocycles. The van der Waals surface area contributed by atoms with Crippen LogP contribution in [-0.2, 0) is 0 Å². The van der Waals surface area contributed by atoms with E-state index in [1.54, 1.807) is 6.92 Å². The Morgan fingerprint density at radius 1 is 1.29 bits per heavy atom. The molecule has 1 atom stereocenters. The second-order valence-corrected chi connectivity index (χ2v) is 3.36. The Kier molecular flexibility index (Phi) is 4.14. The lowest BCUT2D eigenvalue weighted by atomic mass is 10.1. The van der Waals surface area contributed by atoms with E-state index >= 15 is 0 Å². The van der Waals surface area contributed by atoms with Crippen molar-refractivity contribution in [3.8, 4) is 0 Å². The van der Waals surface area contributed by atoms with Crippen molar-refractivity contribution in [3.05, 3.63) is 53.6 Å². The molecule has 0 spiro atoms. The summed E-state index contributed by atoms with van der Waals surface area (Å²) in [5, 5.41) is 9.22. The average Bonchev–Trinajstić information content (AvgIpc) is 2.19. The van der Waals surface area contributed by atoms with Crippen molar-refractivity contribution in [3.63, 3.8) is 0 Å². The molecule has 0 fully saturated rings. The van der Waals surface area contributed by atoms with Gasteiger partial charge in [-0.15, -0.1) is 0 Å². The minimum atomic E-state index is -0.365. The van der Waals surface area contributed by atoms with Gasteiger partial charge in [0.25, 0.3) is 0 Å². The first-order valence-corrected chi connectivity index (χ1v) is 4.78. The second kappa shape index (κ2) is 5.40. The number of allylic oxidation sites excluding steroid dienone is 2. The van der Waals surface area contributed by atoms with Gasteiger partial charge in [-0.05, 0) is 25.0 Å². The van der Waals surface area contributed by atoms with Crippen molar-refractivity contribution in [2.75, 3.05) is 0 Å². The van der Waals surface area contributed by atoms with Gasteiger partial charge in [0.2, 0.25) is 0 Å². The Morgan fingerprint density at radius 2 is 1.93 bits per heavy atom. The summed E-state index contributed by atoms with van der Waals surface area (Å²) in [6.45, 7) is 3.68. The smallest absolute Gasteiger partial charge is 0.0722 e. The fourth-order valence-corrected chi connectivity index (χ4v) is 1.01. The largest absolute Gasteiger partial charge is 0.389 e. The molecule has 1 unspecified atom stereocenters. The van der Waals surface area contributed by atoms with Crippen LogP contribution >= 0.6 is 0 Å². The molecule has 0 amide bonds. The van der Waals surface area contributed by atoms with Crippen LogP contribution < -0.4 is 0 Å². The Labute approximate surface area is 85.4 Å². The Morgan fingerprint density at radius 3 is 2.50 bits per heavy atom. The summed E-state index contributed by atoms with van der Waals surface area (Å²) in [6, 6.07) is 10.1. The highest BCUT2D eigenvalue weighted by Crippen LogP contribution is 2.04. The molecule has 0 bridgehead atoms. The first kappa shape index (κ1) is 10.7. The van der Waals surface area contributed by atoms with Gasteiger partial charge in [0.05, 0.1) is 6.10 Å². The van der Waals surface area contributed by atoms with Crippen LogP contribution in [0.2, 0.25) is 0 Å². The maximum atomic E-state index is 9.22. The standard InChI is InChI=1S/C13H16O/c1-11(12(2)14)7-6-10-13-8-4-3-5-9-13/h3-10,12,14H,1-2H3/b10-6+,11-7+. The molecule has 1 nitrogen and oxygen atoms in total. The van der Waals surface area contributed by atoms with E-state index in [-0.39, 0.29) is 6.10 Å². The second-order valence-electron chi connectivity index (χ2n) is 3.36. The van der Waals surface area contributed by atoms with Gasteiger partial charge >= 0.3 is 0 Å². The lowest BCUT2D eigenvalue weighted by molar-refractivity contribution is 0.231. The predicted molar refractivity (Wildman–Crippen MR) is 60.9 cm³/mol. The molecule has 1 N–H and O–H groups in total. The van der Waals surface area contributed by atoms with Gasteiger partial charge in [-0.3, -0.25) is 0 Å². The SMILES string of the molecule is C/C(=C\C=C\c1ccccc1)C(C)O. The van der Waals surface area contributed by atoms with Crippen LogP contribution in [-0.4, -0.2) is 11.2 Å². The molecule has 0 saturated heterocycles. The number of hydrogen-bond donors (Lipinski definition) is 1. The van der Waals surface area contributed by atoms with Gasteiger partial charge in [0.15, 0.2) is 0 Å². The van der Waals surface area contributed by atoms with E-state index in [2.05, 4.69) is 0 Å².